The monoisotopic (exact) mass is 237 g/mol. The van der Waals surface area contributed by atoms with Crippen molar-refractivity contribution < 1.29 is 13.2 Å². The van der Waals surface area contributed by atoms with Crippen molar-refractivity contribution in [3.63, 3.8) is 0 Å². The minimum atomic E-state index is -4.30. The maximum Gasteiger partial charge on any atom is 0.416 e. The van der Waals surface area contributed by atoms with Crippen molar-refractivity contribution >= 4 is 15.9 Å². The maximum absolute atomic E-state index is 12.1. The van der Waals surface area contributed by atoms with Crippen LogP contribution in [0.5, 0.6) is 0 Å². The summed E-state index contributed by atoms with van der Waals surface area (Å²) in [6.07, 6.45) is -4.30. The number of hydrogen-bond donors (Lipinski definition) is 0. The van der Waals surface area contributed by atoms with E-state index in [0.29, 0.717) is 10.0 Å². The molecule has 0 aliphatic heterocycles. The minimum absolute atomic E-state index is 0.344. The molecule has 0 aliphatic carbocycles. The van der Waals surface area contributed by atoms with Gasteiger partial charge in [0.05, 0.1) is 5.56 Å². The van der Waals surface area contributed by atoms with Crippen LogP contribution in [0.3, 0.4) is 0 Å². The minimum Gasteiger partial charge on any atom is -0.166 e. The van der Waals surface area contributed by atoms with Crippen LogP contribution < -0.4 is 0 Å². The SMILES string of the molecule is [CH2]c1cc(Br)cc(C(F)(F)F)c1. The highest BCUT2D eigenvalue weighted by molar-refractivity contribution is 9.10. The second-order valence-corrected chi connectivity index (χ2v) is 3.26. The molecule has 0 bridgehead atoms. The summed E-state index contributed by atoms with van der Waals surface area (Å²) in [6, 6.07) is 3.55. The van der Waals surface area contributed by atoms with E-state index in [1.54, 1.807) is 0 Å². The van der Waals surface area contributed by atoms with Gasteiger partial charge in [0, 0.05) is 4.47 Å². The molecule has 0 aromatic heterocycles. The smallest absolute Gasteiger partial charge is 0.166 e. The molecule has 0 nitrogen and oxygen atoms in total. The summed E-state index contributed by atoms with van der Waals surface area (Å²) in [5.74, 6) is 0. The maximum atomic E-state index is 12.1. The number of alkyl halides is 3. The molecule has 0 unspecified atom stereocenters. The second kappa shape index (κ2) is 3.09. The third kappa shape index (κ3) is 2.24. The largest absolute Gasteiger partial charge is 0.416 e. The lowest BCUT2D eigenvalue weighted by Gasteiger charge is -2.07. The van der Waals surface area contributed by atoms with Crippen LogP contribution in [-0.4, -0.2) is 0 Å². The lowest BCUT2D eigenvalue weighted by Crippen LogP contribution is -2.04. The van der Waals surface area contributed by atoms with Crippen LogP contribution >= 0.6 is 15.9 Å². The molecule has 0 saturated carbocycles. The van der Waals surface area contributed by atoms with Crippen LogP contribution in [0.4, 0.5) is 13.2 Å². The van der Waals surface area contributed by atoms with E-state index in [1.165, 1.54) is 6.07 Å². The van der Waals surface area contributed by atoms with Gasteiger partial charge >= 0.3 is 6.18 Å². The van der Waals surface area contributed by atoms with Gasteiger partial charge in [-0.2, -0.15) is 13.2 Å². The Morgan fingerprint density at radius 3 is 2.17 bits per heavy atom. The molecular formula is C8H5BrF3. The lowest BCUT2D eigenvalue weighted by molar-refractivity contribution is -0.137. The molecule has 12 heavy (non-hydrogen) atoms. The Kier molecular flexibility index (Phi) is 2.46. The first-order valence-electron chi connectivity index (χ1n) is 3.09. The van der Waals surface area contributed by atoms with Gasteiger partial charge in [-0.05, 0) is 30.7 Å². The van der Waals surface area contributed by atoms with Gasteiger partial charge in [0.2, 0.25) is 0 Å². The van der Waals surface area contributed by atoms with Crippen LogP contribution in [0.15, 0.2) is 22.7 Å². The van der Waals surface area contributed by atoms with Crippen molar-refractivity contribution in [2.24, 2.45) is 0 Å². The van der Waals surface area contributed by atoms with Crippen molar-refractivity contribution in [2.45, 2.75) is 6.18 Å². The number of benzene rings is 1. The summed E-state index contributed by atoms with van der Waals surface area (Å²) in [7, 11) is 0. The third-order valence-electron chi connectivity index (χ3n) is 1.28. The summed E-state index contributed by atoms with van der Waals surface area (Å²) < 4.78 is 36.7. The molecule has 0 N–H and O–H groups in total. The van der Waals surface area contributed by atoms with Crippen LogP contribution in [0, 0.1) is 6.92 Å². The Hall–Kier alpha value is -0.510. The molecule has 65 valence electrons. The highest BCUT2D eigenvalue weighted by atomic mass is 79.9. The standard InChI is InChI=1S/C8H5BrF3/c1-5-2-6(8(10,11)12)4-7(9)3-5/h2-4H,1H2. The summed E-state index contributed by atoms with van der Waals surface area (Å²) >= 11 is 2.97. The lowest BCUT2D eigenvalue weighted by atomic mass is 10.1. The summed E-state index contributed by atoms with van der Waals surface area (Å²) in [5, 5.41) is 0. The zero-order valence-electron chi connectivity index (χ0n) is 5.95. The molecule has 0 aliphatic rings. The Balaban J connectivity index is 3.18. The van der Waals surface area contributed by atoms with Gasteiger partial charge in [-0.1, -0.05) is 15.9 Å². The molecule has 0 heterocycles. The normalized spacial score (nSPS) is 11.8. The van der Waals surface area contributed by atoms with Crippen molar-refractivity contribution in [3.8, 4) is 0 Å². The van der Waals surface area contributed by atoms with Gasteiger partial charge in [-0.3, -0.25) is 0 Å². The van der Waals surface area contributed by atoms with Gasteiger partial charge in [0.1, 0.15) is 0 Å². The van der Waals surface area contributed by atoms with Gasteiger partial charge in [0.25, 0.3) is 0 Å². The summed E-state index contributed by atoms with van der Waals surface area (Å²) in [5.41, 5.74) is -0.335. The molecule has 1 aromatic rings. The average molecular weight is 238 g/mol. The van der Waals surface area contributed by atoms with Gasteiger partial charge in [0.15, 0.2) is 0 Å². The van der Waals surface area contributed by atoms with Crippen LogP contribution in [0.2, 0.25) is 0 Å². The third-order valence-corrected chi connectivity index (χ3v) is 1.74. The first-order chi connectivity index (χ1) is 5.39. The fourth-order valence-electron chi connectivity index (χ4n) is 0.814. The topological polar surface area (TPSA) is 0 Å². The quantitative estimate of drug-likeness (QED) is 0.647. The number of hydrogen-bond acceptors (Lipinski definition) is 0. The molecule has 0 amide bonds. The van der Waals surface area contributed by atoms with Crippen molar-refractivity contribution in [1.82, 2.24) is 0 Å². The second-order valence-electron chi connectivity index (χ2n) is 2.35. The predicted molar refractivity (Wildman–Crippen MR) is 43.6 cm³/mol. The van der Waals surface area contributed by atoms with Crippen molar-refractivity contribution in [2.75, 3.05) is 0 Å². The molecule has 1 aromatic carbocycles. The van der Waals surface area contributed by atoms with Gasteiger partial charge in [-0.25, -0.2) is 0 Å². The molecule has 1 radical (unpaired) electrons. The zero-order chi connectivity index (χ0) is 9.35. The highest BCUT2D eigenvalue weighted by Crippen LogP contribution is 2.31. The van der Waals surface area contributed by atoms with E-state index in [-0.39, 0.29) is 0 Å². The first kappa shape index (κ1) is 9.58. The average Bonchev–Trinajstić information content (AvgIpc) is 1.82. The Labute approximate surface area is 76.5 Å². The van der Waals surface area contributed by atoms with Crippen molar-refractivity contribution in [1.29, 1.82) is 0 Å². The fraction of sp³-hybridized carbons (Fsp3) is 0.125. The molecule has 4 heteroatoms. The Morgan fingerprint density at radius 2 is 1.75 bits per heavy atom. The fourth-order valence-corrected chi connectivity index (χ4v) is 1.35. The van der Waals surface area contributed by atoms with E-state index >= 15 is 0 Å². The molecule has 0 saturated heterocycles. The number of halogens is 4. The number of rotatable bonds is 0. The molecule has 0 atom stereocenters. The van der Waals surface area contributed by atoms with E-state index < -0.39 is 11.7 Å². The van der Waals surface area contributed by atoms with E-state index in [2.05, 4.69) is 22.9 Å². The van der Waals surface area contributed by atoms with E-state index in [4.69, 9.17) is 0 Å². The predicted octanol–water partition coefficient (Wildman–Crippen LogP) is 3.65. The van der Waals surface area contributed by atoms with Crippen LogP contribution in [-0.2, 0) is 6.18 Å². The summed E-state index contributed by atoms with van der Waals surface area (Å²) in [4.78, 5) is 0. The Bertz CT molecular complexity index is 271. The summed E-state index contributed by atoms with van der Waals surface area (Å²) in [6.45, 7) is 3.43. The molecule has 0 fully saturated rings. The van der Waals surface area contributed by atoms with Gasteiger partial charge in [-0.15, -0.1) is 0 Å². The van der Waals surface area contributed by atoms with Crippen molar-refractivity contribution in [3.05, 3.63) is 40.7 Å². The van der Waals surface area contributed by atoms with E-state index in [1.807, 2.05) is 0 Å². The molecule has 1 rings (SSSR count). The Morgan fingerprint density at radius 1 is 1.17 bits per heavy atom. The molecular weight excluding hydrogens is 233 g/mol. The highest BCUT2D eigenvalue weighted by Gasteiger charge is 2.30. The first-order valence-corrected chi connectivity index (χ1v) is 3.88. The molecule has 0 spiro atoms. The van der Waals surface area contributed by atoms with E-state index in [0.717, 1.165) is 12.1 Å². The van der Waals surface area contributed by atoms with E-state index in [9.17, 15) is 13.2 Å². The zero-order valence-corrected chi connectivity index (χ0v) is 7.54. The van der Waals surface area contributed by atoms with Crippen LogP contribution in [0.1, 0.15) is 11.1 Å². The van der Waals surface area contributed by atoms with Gasteiger partial charge < -0.3 is 0 Å². The van der Waals surface area contributed by atoms with Crippen LogP contribution in [0.25, 0.3) is 0 Å².